The number of hydrogen-bond donors (Lipinski definition) is 0. The lowest BCUT2D eigenvalue weighted by atomic mass is 10.1. The highest BCUT2D eigenvalue weighted by atomic mass is 79.9. The average Bonchev–Trinajstić information content (AvgIpc) is 3.09. The minimum absolute atomic E-state index is 0.0576. The van der Waals surface area contributed by atoms with E-state index in [1.807, 2.05) is 36.4 Å². The van der Waals surface area contributed by atoms with E-state index in [4.69, 9.17) is 9.26 Å². The van der Waals surface area contributed by atoms with E-state index >= 15 is 0 Å². The number of ether oxygens (including phenoxy) is 1. The van der Waals surface area contributed by atoms with Gasteiger partial charge in [0.1, 0.15) is 0 Å². The van der Waals surface area contributed by atoms with E-state index < -0.39 is 5.97 Å². The second-order valence-corrected chi connectivity index (χ2v) is 6.06. The monoisotopic (exact) mass is 386 g/mol. The normalized spacial score (nSPS) is 10.6. The van der Waals surface area contributed by atoms with Crippen LogP contribution in [0.4, 0.5) is 0 Å². The number of aryl methyl sites for hydroxylation is 1. The maximum absolute atomic E-state index is 12.0. The molecule has 0 unspecified atom stereocenters. The fourth-order valence-electron chi connectivity index (χ4n) is 2.12. The van der Waals surface area contributed by atoms with Gasteiger partial charge in [-0.25, -0.2) is 4.79 Å². The van der Waals surface area contributed by atoms with Crippen LogP contribution >= 0.6 is 15.9 Å². The number of esters is 1. The molecule has 0 aliphatic heterocycles. The molecule has 0 aliphatic rings. The minimum atomic E-state index is -0.416. The minimum Gasteiger partial charge on any atom is -0.452 e. The van der Waals surface area contributed by atoms with Crippen LogP contribution in [0.3, 0.4) is 0 Å². The number of nitrogens with zero attached hydrogens (tertiary/aromatic N) is 2. The number of benzene rings is 2. The smallest absolute Gasteiger partial charge is 0.338 e. The van der Waals surface area contributed by atoms with Crippen LogP contribution in [0.2, 0.25) is 0 Å². The first-order valence-electron chi connectivity index (χ1n) is 7.50. The third-order valence-corrected chi connectivity index (χ3v) is 4.02. The van der Waals surface area contributed by atoms with E-state index in [2.05, 4.69) is 33.0 Å². The SMILES string of the molecule is CCc1ccc(C(=O)OCc2nc(-c3ccc(Br)cc3)no2)cc1. The highest BCUT2D eigenvalue weighted by molar-refractivity contribution is 9.10. The Morgan fingerprint density at radius 3 is 2.50 bits per heavy atom. The summed E-state index contributed by atoms with van der Waals surface area (Å²) in [5.74, 6) is 0.299. The van der Waals surface area contributed by atoms with Gasteiger partial charge in [-0.15, -0.1) is 0 Å². The van der Waals surface area contributed by atoms with Gasteiger partial charge < -0.3 is 9.26 Å². The van der Waals surface area contributed by atoms with Crippen LogP contribution in [0, 0.1) is 0 Å². The fraction of sp³-hybridized carbons (Fsp3) is 0.167. The van der Waals surface area contributed by atoms with Crippen LogP contribution in [-0.4, -0.2) is 16.1 Å². The number of rotatable bonds is 5. The molecule has 122 valence electrons. The summed E-state index contributed by atoms with van der Waals surface area (Å²) in [5, 5.41) is 3.90. The summed E-state index contributed by atoms with van der Waals surface area (Å²) >= 11 is 3.37. The molecule has 0 aliphatic carbocycles. The van der Waals surface area contributed by atoms with Crippen LogP contribution in [-0.2, 0) is 17.8 Å². The van der Waals surface area contributed by atoms with E-state index in [-0.39, 0.29) is 12.5 Å². The van der Waals surface area contributed by atoms with E-state index in [0.29, 0.717) is 11.4 Å². The molecule has 0 radical (unpaired) electrons. The molecule has 5 nitrogen and oxygen atoms in total. The van der Waals surface area contributed by atoms with Gasteiger partial charge in [0, 0.05) is 10.0 Å². The number of aromatic nitrogens is 2. The molecular formula is C18H15BrN2O3. The summed E-state index contributed by atoms with van der Waals surface area (Å²) in [4.78, 5) is 16.2. The van der Waals surface area contributed by atoms with E-state index in [9.17, 15) is 4.79 Å². The maximum Gasteiger partial charge on any atom is 0.338 e. The predicted octanol–water partition coefficient (Wildman–Crippen LogP) is 4.42. The van der Waals surface area contributed by atoms with Gasteiger partial charge in [-0.05, 0) is 48.4 Å². The molecule has 0 bridgehead atoms. The van der Waals surface area contributed by atoms with Crippen molar-refractivity contribution in [3.63, 3.8) is 0 Å². The Labute approximate surface area is 147 Å². The van der Waals surface area contributed by atoms with Crippen molar-refractivity contribution in [2.75, 3.05) is 0 Å². The fourth-order valence-corrected chi connectivity index (χ4v) is 2.38. The number of carbonyl (C=O) groups excluding carboxylic acids is 1. The van der Waals surface area contributed by atoms with Crippen molar-refractivity contribution in [1.82, 2.24) is 10.1 Å². The zero-order valence-corrected chi connectivity index (χ0v) is 14.6. The summed E-state index contributed by atoms with van der Waals surface area (Å²) < 4.78 is 11.3. The molecule has 0 saturated carbocycles. The molecule has 2 aromatic carbocycles. The van der Waals surface area contributed by atoms with Crippen LogP contribution in [0.1, 0.15) is 28.7 Å². The Kier molecular flexibility index (Phi) is 5.05. The van der Waals surface area contributed by atoms with Crippen LogP contribution < -0.4 is 0 Å². The first-order valence-corrected chi connectivity index (χ1v) is 8.29. The largest absolute Gasteiger partial charge is 0.452 e. The van der Waals surface area contributed by atoms with E-state index in [1.54, 1.807) is 12.1 Å². The molecule has 1 aromatic heterocycles. The quantitative estimate of drug-likeness (QED) is 0.607. The van der Waals surface area contributed by atoms with E-state index in [1.165, 1.54) is 5.56 Å². The molecule has 24 heavy (non-hydrogen) atoms. The molecule has 3 rings (SSSR count). The second-order valence-electron chi connectivity index (χ2n) is 5.15. The lowest BCUT2D eigenvalue weighted by molar-refractivity contribution is 0.0430. The molecule has 3 aromatic rings. The second kappa shape index (κ2) is 7.40. The average molecular weight is 387 g/mol. The van der Waals surface area contributed by atoms with Gasteiger partial charge in [0.2, 0.25) is 5.82 Å². The van der Waals surface area contributed by atoms with Crippen molar-refractivity contribution >= 4 is 21.9 Å². The maximum atomic E-state index is 12.0. The molecule has 1 heterocycles. The zero-order valence-electron chi connectivity index (χ0n) is 13.0. The molecular weight excluding hydrogens is 372 g/mol. The summed E-state index contributed by atoms with van der Waals surface area (Å²) in [7, 11) is 0. The van der Waals surface area contributed by atoms with Gasteiger partial charge in [-0.1, -0.05) is 40.1 Å². The van der Waals surface area contributed by atoms with Gasteiger partial charge in [-0.2, -0.15) is 4.98 Å². The molecule has 6 heteroatoms. The molecule has 0 N–H and O–H groups in total. The highest BCUT2D eigenvalue weighted by Crippen LogP contribution is 2.19. The summed E-state index contributed by atoms with van der Waals surface area (Å²) in [5.41, 5.74) is 2.50. The topological polar surface area (TPSA) is 65.2 Å². The summed E-state index contributed by atoms with van der Waals surface area (Å²) in [6.45, 7) is 2.00. The van der Waals surface area contributed by atoms with Crippen molar-refractivity contribution in [2.24, 2.45) is 0 Å². The van der Waals surface area contributed by atoms with Gasteiger partial charge in [0.15, 0.2) is 6.61 Å². The molecule has 0 saturated heterocycles. The van der Waals surface area contributed by atoms with Crippen molar-refractivity contribution in [3.05, 3.63) is 70.0 Å². The van der Waals surface area contributed by atoms with Gasteiger partial charge in [-0.3, -0.25) is 0 Å². The van der Waals surface area contributed by atoms with Crippen molar-refractivity contribution in [2.45, 2.75) is 20.0 Å². The van der Waals surface area contributed by atoms with Crippen molar-refractivity contribution < 1.29 is 14.1 Å². The number of carbonyl (C=O) groups is 1. The first-order chi connectivity index (χ1) is 11.7. The van der Waals surface area contributed by atoms with Crippen LogP contribution in [0.25, 0.3) is 11.4 Å². The molecule has 0 atom stereocenters. The Hall–Kier alpha value is -2.47. The Bertz CT molecular complexity index is 826. The Morgan fingerprint density at radius 1 is 1.12 bits per heavy atom. The zero-order chi connectivity index (χ0) is 16.9. The lowest BCUT2D eigenvalue weighted by Crippen LogP contribution is -2.05. The van der Waals surface area contributed by atoms with Gasteiger partial charge in [0.25, 0.3) is 5.89 Å². The standard InChI is InChI=1S/C18H15BrN2O3/c1-2-12-3-5-14(6-4-12)18(22)23-11-16-20-17(21-24-16)13-7-9-15(19)10-8-13/h3-10H,2,11H2,1H3. The summed E-state index contributed by atoms with van der Waals surface area (Å²) in [6, 6.07) is 14.9. The van der Waals surface area contributed by atoms with Crippen molar-refractivity contribution in [1.29, 1.82) is 0 Å². The van der Waals surface area contributed by atoms with Gasteiger partial charge >= 0.3 is 5.97 Å². The van der Waals surface area contributed by atoms with Crippen LogP contribution in [0.15, 0.2) is 57.5 Å². The number of hydrogen-bond acceptors (Lipinski definition) is 5. The lowest BCUT2D eigenvalue weighted by Gasteiger charge is -2.02. The van der Waals surface area contributed by atoms with E-state index in [0.717, 1.165) is 16.5 Å². The molecule has 0 spiro atoms. The highest BCUT2D eigenvalue weighted by Gasteiger charge is 2.12. The third kappa shape index (κ3) is 3.89. The summed E-state index contributed by atoms with van der Waals surface area (Å²) in [6.07, 6.45) is 0.927. The predicted molar refractivity (Wildman–Crippen MR) is 92.4 cm³/mol. The molecule has 0 amide bonds. The van der Waals surface area contributed by atoms with Crippen LogP contribution in [0.5, 0.6) is 0 Å². The first kappa shape index (κ1) is 16.4. The van der Waals surface area contributed by atoms with Crippen molar-refractivity contribution in [3.8, 4) is 11.4 Å². The Balaban J connectivity index is 1.62. The number of halogens is 1. The molecule has 0 fully saturated rings. The van der Waals surface area contributed by atoms with Gasteiger partial charge in [0.05, 0.1) is 5.56 Å². The third-order valence-electron chi connectivity index (χ3n) is 3.50. The Morgan fingerprint density at radius 2 is 1.83 bits per heavy atom.